The number of ether oxygens (including phenoxy) is 2. The van der Waals surface area contributed by atoms with Crippen LogP contribution in [0.1, 0.15) is 24.1 Å². The summed E-state index contributed by atoms with van der Waals surface area (Å²) in [5, 5.41) is 3.37. The highest BCUT2D eigenvalue weighted by Gasteiger charge is 2.30. The summed E-state index contributed by atoms with van der Waals surface area (Å²) < 4.78 is 10.5. The number of likely N-dealkylation sites (tertiary alicyclic amines) is 1. The normalized spacial score (nSPS) is 18.8. The van der Waals surface area contributed by atoms with Crippen LogP contribution in [0.25, 0.3) is 0 Å². The summed E-state index contributed by atoms with van der Waals surface area (Å²) >= 11 is 0. The van der Waals surface area contributed by atoms with E-state index >= 15 is 0 Å². The molecule has 3 rings (SSSR count). The zero-order valence-corrected chi connectivity index (χ0v) is 14.9. The second-order valence-electron chi connectivity index (χ2n) is 6.79. The number of nitrogens with two attached hydrogens (primary N) is 1. The number of pyridine rings is 1. The van der Waals surface area contributed by atoms with Crippen molar-refractivity contribution in [1.29, 1.82) is 0 Å². The standard InChI is InChI=1S/C18H28N4O3/c1-24-18(23)16(19)12-22-10-15(11-22)25-9-3-5-14-7-6-13-4-2-8-20-17(13)21-14/h6-7,15-16H,2-5,8-12,19H2,1H3,(H,20,21)/t16-/m0/s1. The molecule has 3 heterocycles. The third-order valence-corrected chi connectivity index (χ3v) is 4.77. The van der Waals surface area contributed by atoms with Crippen molar-refractivity contribution in [3.63, 3.8) is 0 Å². The number of rotatable bonds is 8. The highest BCUT2D eigenvalue weighted by Crippen LogP contribution is 2.20. The number of aryl methyl sites for hydroxylation is 2. The van der Waals surface area contributed by atoms with Crippen LogP contribution < -0.4 is 11.1 Å². The van der Waals surface area contributed by atoms with E-state index in [2.05, 4.69) is 27.1 Å². The molecule has 0 aliphatic carbocycles. The maximum Gasteiger partial charge on any atom is 0.323 e. The zero-order valence-electron chi connectivity index (χ0n) is 14.9. The van der Waals surface area contributed by atoms with Gasteiger partial charge in [0.15, 0.2) is 0 Å². The van der Waals surface area contributed by atoms with Gasteiger partial charge in [-0.2, -0.15) is 0 Å². The lowest BCUT2D eigenvalue weighted by atomic mass is 10.1. The van der Waals surface area contributed by atoms with Gasteiger partial charge in [0, 0.05) is 38.5 Å². The quantitative estimate of drug-likeness (QED) is 0.524. The molecule has 1 fully saturated rings. The van der Waals surface area contributed by atoms with Crippen molar-refractivity contribution >= 4 is 11.8 Å². The van der Waals surface area contributed by atoms with Gasteiger partial charge in [0.25, 0.3) is 0 Å². The largest absolute Gasteiger partial charge is 0.468 e. The number of hydrogen-bond acceptors (Lipinski definition) is 7. The van der Waals surface area contributed by atoms with Gasteiger partial charge in [-0.25, -0.2) is 4.98 Å². The van der Waals surface area contributed by atoms with Gasteiger partial charge in [-0.05, 0) is 37.3 Å². The van der Waals surface area contributed by atoms with Gasteiger partial charge in [0.05, 0.1) is 13.2 Å². The third-order valence-electron chi connectivity index (χ3n) is 4.77. The average molecular weight is 348 g/mol. The van der Waals surface area contributed by atoms with Crippen molar-refractivity contribution < 1.29 is 14.3 Å². The molecule has 2 aliphatic heterocycles. The van der Waals surface area contributed by atoms with Gasteiger partial charge >= 0.3 is 5.97 Å². The third kappa shape index (κ3) is 4.90. The predicted molar refractivity (Wildman–Crippen MR) is 95.5 cm³/mol. The minimum absolute atomic E-state index is 0.239. The van der Waals surface area contributed by atoms with Crippen molar-refractivity contribution in [2.45, 2.75) is 37.8 Å². The van der Waals surface area contributed by atoms with Gasteiger partial charge in [-0.15, -0.1) is 0 Å². The van der Waals surface area contributed by atoms with E-state index in [4.69, 9.17) is 15.5 Å². The summed E-state index contributed by atoms with van der Waals surface area (Å²) in [6.07, 6.45) is 4.44. The number of hydrogen-bond donors (Lipinski definition) is 2. The number of carbonyl (C=O) groups is 1. The fraction of sp³-hybridized carbons (Fsp3) is 0.667. The SMILES string of the molecule is COC(=O)[C@@H](N)CN1CC(OCCCc2ccc3c(n2)NCCC3)C1. The molecule has 0 aromatic carbocycles. The minimum Gasteiger partial charge on any atom is -0.468 e. The van der Waals surface area contributed by atoms with Crippen LogP contribution in [0.5, 0.6) is 0 Å². The second kappa shape index (κ2) is 8.60. The molecule has 1 atom stereocenters. The van der Waals surface area contributed by atoms with E-state index in [0.29, 0.717) is 6.54 Å². The fourth-order valence-electron chi connectivity index (χ4n) is 3.29. The van der Waals surface area contributed by atoms with Crippen LogP contribution >= 0.6 is 0 Å². The average Bonchev–Trinajstić information content (AvgIpc) is 2.61. The molecule has 0 amide bonds. The molecule has 7 heteroatoms. The second-order valence-corrected chi connectivity index (χ2v) is 6.79. The van der Waals surface area contributed by atoms with Crippen molar-refractivity contribution in [3.05, 3.63) is 23.4 Å². The highest BCUT2D eigenvalue weighted by atomic mass is 16.5. The van der Waals surface area contributed by atoms with Crippen LogP contribution in [0.4, 0.5) is 5.82 Å². The molecule has 0 unspecified atom stereocenters. The van der Waals surface area contributed by atoms with Gasteiger partial charge in [-0.3, -0.25) is 9.69 Å². The summed E-state index contributed by atoms with van der Waals surface area (Å²) in [5.74, 6) is 0.692. The van der Waals surface area contributed by atoms with E-state index in [1.54, 1.807) is 0 Å². The Morgan fingerprint density at radius 1 is 1.48 bits per heavy atom. The monoisotopic (exact) mass is 348 g/mol. The first-order valence-corrected chi connectivity index (χ1v) is 9.05. The number of carbonyl (C=O) groups excluding carboxylic acids is 1. The van der Waals surface area contributed by atoms with Crippen molar-refractivity contribution in [3.8, 4) is 0 Å². The first kappa shape index (κ1) is 18.1. The molecule has 0 radical (unpaired) electrons. The topological polar surface area (TPSA) is 89.7 Å². The molecule has 25 heavy (non-hydrogen) atoms. The molecular formula is C18H28N4O3. The van der Waals surface area contributed by atoms with Gasteiger partial charge in [-0.1, -0.05) is 6.07 Å². The molecule has 3 N–H and O–H groups in total. The number of nitrogens with zero attached hydrogens (tertiary/aromatic N) is 2. The van der Waals surface area contributed by atoms with Gasteiger partial charge in [0.2, 0.25) is 0 Å². The summed E-state index contributed by atoms with van der Waals surface area (Å²) in [6.45, 7) is 3.92. The summed E-state index contributed by atoms with van der Waals surface area (Å²) in [7, 11) is 1.36. The minimum atomic E-state index is -0.574. The molecule has 0 spiro atoms. The summed E-state index contributed by atoms with van der Waals surface area (Å²) in [4.78, 5) is 18.1. The first-order chi connectivity index (χ1) is 12.2. The lowest BCUT2D eigenvalue weighted by Gasteiger charge is -2.39. The van der Waals surface area contributed by atoms with Gasteiger partial charge in [0.1, 0.15) is 11.9 Å². The number of aromatic nitrogens is 1. The number of esters is 1. The van der Waals surface area contributed by atoms with Crippen LogP contribution in [-0.2, 0) is 27.1 Å². The van der Waals surface area contributed by atoms with Crippen LogP contribution in [0.15, 0.2) is 12.1 Å². The molecule has 138 valence electrons. The number of nitrogens with one attached hydrogen (secondary N) is 1. The Hall–Kier alpha value is -1.70. The lowest BCUT2D eigenvalue weighted by Crippen LogP contribution is -2.57. The van der Waals surface area contributed by atoms with Crippen molar-refractivity contribution in [2.75, 3.05) is 45.2 Å². The van der Waals surface area contributed by atoms with Gasteiger partial charge < -0.3 is 20.5 Å². The fourth-order valence-corrected chi connectivity index (χ4v) is 3.29. The van der Waals surface area contributed by atoms with Crippen LogP contribution in [-0.4, -0.2) is 67.9 Å². The highest BCUT2D eigenvalue weighted by molar-refractivity contribution is 5.75. The molecule has 1 saturated heterocycles. The molecule has 0 bridgehead atoms. The molecule has 7 nitrogen and oxygen atoms in total. The van der Waals surface area contributed by atoms with Crippen LogP contribution in [0, 0.1) is 0 Å². The van der Waals surface area contributed by atoms with E-state index in [9.17, 15) is 4.79 Å². The van der Waals surface area contributed by atoms with E-state index in [0.717, 1.165) is 57.0 Å². The molecular weight excluding hydrogens is 320 g/mol. The summed E-state index contributed by atoms with van der Waals surface area (Å²) in [5.41, 5.74) is 8.20. The maximum atomic E-state index is 11.3. The van der Waals surface area contributed by atoms with E-state index in [1.165, 1.54) is 19.1 Å². The van der Waals surface area contributed by atoms with E-state index in [-0.39, 0.29) is 12.1 Å². The van der Waals surface area contributed by atoms with E-state index in [1.807, 2.05) is 0 Å². The van der Waals surface area contributed by atoms with Crippen molar-refractivity contribution in [1.82, 2.24) is 9.88 Å². The predicted octanol–water partition coefficient (Wildman–Crippen LogP) is 0.573. The Morgan fingerprint density at radius 3 is 3.12 bits per heavy atom. The smallest absolute Gasteiger partial charge is 0.323 e. The Balaban J connectivity index is 1.29. The Bertz CT molecular complexity index is 590. The van der Waals surface area contributed by atoms with Crippen LogP contribution in [0.3, 0.4) is 0 Å². The Kier molecular flexibility index (Phi) is 6.23. The first-order valence-electron chi connectivity index (χ1n) is 9.05. The van der Waals surface area contributed by atoms with Crippen LogP contribution in [0.2, 0.25) is 0 Å². The Labute approximate surface area is 148 Å². The summed E-state index contributed by atoms with van der Waals surface area (Å²) in [6, 6.07) is 3.75. The molecule has 1 aromatic rings. The maximum absolute atomic E-state index is 11.3. The number of methoxy groups -OCH3 is 1. The van der Waals surface area contributed by atoms with E-state index < -0.39 is 6.04 Å². The molecule has 0 saturated carbocycles. The zero-order chi connectivity index (χ0) is 17.6. The lowest BCUT2D eigenvalue weighted by molar-refractivity contribution is -0.143. The molecule has 1 aromatic heterocycles. The Morgan fingerprint density at radius 2 is 2.32 bits per heavy atom. The van der Waals surface area contributed by atoms with Crippen molar-refractivity contribution in [2.24, 2.45) is 5.73 Å². The molecule has 2 aliphatic rings. The number of fused-ring (bicyclic) bond motifs is 1. The number of anilines is 1.